The van der Waals surface area contributed by atoms with Crippen molar-refractivity contribution < 1.29 is 19.1 Å². The Labute approximate surface area is 147 Å². The molecule has 5 heteroatoms. The molecule has 116 valence electrons. The molecule has 0 saturated heterocycles. The largest absolute Gasteiger partial charge is 0.423 e. The van der Waals surface area contributed by atoms with Crippen molar-refractivity contribution in [3.8, 4) is 11.5 Å². The number of benzene rings is 2. The second-order valence-electron chi connectivity index (χ2n) is 4.38. The van der Waals surface area contributed by atoms with Gasteiger partial charge in [-0.2, -0.15) is 0 Å². The van der Waals surface area contributed by atoms with Crippen LogP contribution in [0.15, 0.2) is 67.3 Å². The molecule has 0 aliphatic carbocycles. The fraction of sp³-hybridized carbons (Fsp3) is 0. The quantitative estimate of drug-likeness (QED) is 0.318. The fourth-order valence-electron chi connectivity index (χ4n) is 1.66. The topological polar surface area (TPSA) is 52.6 Å². The molecule has 0 aliphatic rings. The van der Waals surface area contributed by atoms with Crippen LogP contribution in [-0.4, -0.2) is 11.9 Å². The maximum absolute atomic E-state index is 11.8. The van der Waals surface area contributed by atoms with Gasteiger partial charge in [0, 0.05) is 12.2 Å². The van der Waals surface area contributed by atoms with Crippen molar-refractivity contribution in [3.05, 3.63) is 76.4 Å². The van der Waals surface area contributed by atoms with Crippen LogP contribution in [0.5, 0.6) is 11.5 Å². The van der Waals surface area contributed by atoms with Crippen molar-refractivity contribution in [2.45, 2.75) is 0 Å². The summed E-state index contributed by atoms with van der Waals surface area (Å²) in [5.74, 6) is -0.274. The van der Waals surface area contributed by atoms with Crippen molar-refractivity contribution in [3.63, 3.8) is 0 Å². The fourth-order valence-corrected chi connectivity index (χ4v) is 2.25. The molecule has 0 atom stereocenters. The summed E-state index contributed by atoms with van der Waals surface area (Å²) in [5, 5.41) is 0. The average Bonchev–Trinajstić information content (AvgIpc) is 2.56. The molecule has 2 rings (SSSR count). The predicted octanol–water partition coefficient (Wildman–Crippen LogP) is 4.00. The number of ether oxygens (including phenoxy) is 2. The highest BCUT2D eigenvalue weighted by Gasteiger charge is 2.08. The standard InChI is InChI=1S/C18H13IO4/c1-2-17(20)23-16-10-9-14(12-15(16)19)22-18(21)11-8-13-6-4-3-5-7-13/h2-12H,1H2/b11-8+. The number of halogens is 1. The number of carbonyl (C=O) groups excluding carboxylic acids is 2. The molecule has 0 saturated carbocycles. The number of esters is 2. The summed E-state index contributed by atoms with van der Waals surface area (Å²) in [6.07, 6.45) is 4.11. The maximum Gasteiger partial charge on any atom is 0.336 e. The van der Waals surface area contributed by atoms with E-state index in [2.05, 4.69) is 6.58 Å². The number of hydrogen-bond acceptors (Lipinski definition) is 4. The van der Waals surface area contributed by atoms with Gasteiger partial charge in [-0.05, 0) is 52.4 Å². The minimum Gasteiger partial charge on any atom is -0.423 e. The first-order chi connectivity index (χ1) is 11.1. The SMILES string of the molecule is C=CC(=O)Oc1ccc(OC(=O)/C=C/c2ccccc2)cc1I. The lowest BCUT2D eigenvalue weighted by Gasteiger charge is -2.06. The van der Waals surface area contributed by atoms with Crippen molar-refractivity contribution in [2.75, 3.05) is 0 Å². The second kappa shape index (κ2) is 8.28. The minimum atomic E-state index is -0.543. The summed E-state index contributed by atoms with van der Waals surface area (Å²) in [6.45, 7) is 3.33. The molecule has 0 aromatic heterocycles. The van der Waals surface area contributed by atoms with E-state index >= 15 is 0 Å². The molecule has 23 heavy (non-hydrogen) atoms. The third kappa shape index (κ3) is 5.37. The highest BCUT2D eigenvalue weighted by atomic mass is 127. The van der Waals surface area contributed by atoms with Crippen LogP contribution in [0.3, 0.4) is 0 Å². The highest BCUT2D eigenvalue weighted by Crippen LogP contribution is 2.26. The van der Waals surface area contributed by atoms with Crippen LogP contribution in [0.25, 0.3) is 6.08 Å². The van der Waals surface area contributed by atoms with Crippen LogP contribution < -0.4 is 9.47 Å². The van der Waals surface area contributed by atoms with Gasteiger partial charge in [-0.15, -0.1) is 0 Å². The van der Waals surface area contributed by atoms with Gasteiger partial charge >= 0.3 is 11.9 Å². The van der Waals surface area contributed by atoms with Crippen molar-refractivity contribution in [1.82, 2.24) is 0 Å². The van der Waals surface area contributed by atoms with E-state index in [4.69, 9.17) is 9.47 Å². The molecule has 0 heterocycles. The van der Waals surface area contributed by atoms with Crippen LogP contribution >= 0.6 is 22.6 Å². The summed E-state index contributed by atoms with van der Waals surface area (Å²) < 4.78 is 10.9. The lowest BCUT2D eigenvalue weighted by Crippen LogP contribution is -2.06. The molecule has 4 nitrogen and oxygen atoms in total. The molecule has 0 bridgehead atoms. The van der Waals surface area contributed by atoms with Crippen LogP contribution in [-0.2, 0) is 9.59 Å². The van der Waals surface area contributed by atoms with Gasteiger partial charge in [0.05, 0.1) is 3.57 Å². The highest BCUT2D eigenvalue weighted by molar-refractivity contribution is 14.1. The first kappa shape index (κ1) is 17.0. The Kier molecular flexibility index (Phi) is 6.10. The van der Waals surface area contributed by atoms with Crippen molar-refractivity contribution in [2.24, 2.45) is 0 Å². The molecule has 2 aromatic carbocycles. The first-order valence-corrected chi connectivity index (χ1v) is 7.75. The minimum absolute atomic E-state index is 0.371. The van der Waals surface area contributed by atoms with E-state index in [1.165, 1.54) is 6.08 Å². The molecule has 0 radical (unpaired) electrons. The van der Waals surface area contributed by atoms with Crippen LogP contribution in [0, 0.1) is 3.57 Å². The van der Waals surface area contributed by atoms with Gasteiger partial charge in [-0.1, -0.05) is 36.9 Å². The number of rotatable bonds is 5. The van der Waals surface area contributed by atoms with Gasteiger partial charge < -0.3 is 9.47 Å². The van der Waals surface area contributed by atoms with E-state index in [0.29, 0.717) is 15.1 Å². The van der Waals surface area contributed by atoms with Crippen LogP contribution in [0.1, 0.15) is 5.56 Å². The summed E-state index contributed by atoms with van der Waals surface area (Å²) in [6, 6.07) is 14.2. The molecule has 0 N–H and O–H groups in total. The molecule has 0 spiro atoms. The Morgan fingerprint density at radius 1 is 1.00 bits per heavy atom. The van der Waals surface area contributed by atoms with Gasteiger partial charge in [0.15, 0.2) is 0 Å². The molecule has 0 unspecified atom stereocenters. The number of carbonyl (C=O) groups is 2. The van der Waals surface area contributed by atoms with Gasteiger partial charge in [0.1, 0.15) is 11.5 Å². The van der Waals surface area contributed by atoms with Crippen molar-refractivity contribution >= 4 is 40.6 Å². The monoisotopic (exact) mass is 420 g/mol. The van der Waals surface area contributed by atoms with Crippen LogP contribution in [0.4, 0.5) is 0 Å². The summed E-state index contributed by atoms with van der Waals surface area (Å²) in [7, 11) is 0. The smallest absolute Gasteiger partial charge is 0.336 e. The van der Waals surface area contributed by atoms with Crippen molar-refractivity contribution in [1.29, 1.82) is 0 Å². The van der Waals surface area contributed by atoms with Gasteiger partial charge in [-0.3, -0.25) is 0 Å². The van der Waals surface area contributed by atoms with Gasteiger partial charge in [-0.25, -0.2) is 9.59 Å². The maximum atomic E-state index is 11.8. The molecule has 0 fully saturated rings. The van der Waals surface area contributed by atoms with E-state index in [0.717, 1.165) is 11.6 Å². The van der Waals surface area contributed by atoms with Gasteiger partial charge in [0.25, 0.3) is 0 Å². The van der Waals surface area contributed by atoms with Crippen LogP contribution in [0.2, 0.25) is 0 Å². The Morgan fingerprint density at radius 2 is 1.74 bits per heavy atom. The Morgan fingerprint density at radius 3 is 2.39 bits per heavy atom. The van der Waals surface area contributed by atoms with E-state index in [-0.39, 0.29) is 0 Å². The first-order valence-electron chi connectivity index (χ1n) is 6.67. The zero-order valence-electron chi connectivity index (χ0n) is 12.1. The van der Waals surface area contributed by atoms with E-state index in [1.54, 1.807) is 24.3 Å². The molecule has 0 amide bonds. The van der Waals surface area contributed by atoms with E-state index in [9.17, 15) is 9.59 Å². The van der Waals surface area contributed by atoms with E-state index in [1.807, 2.05) is 52.9 Å². The normalized spacial score (nSPS) is 10.3. The Bertz CT molecular complexity index is 751. The zero-order chi connectivity index (χ0) is 16.7. The predicted molar refractivity (Wildman–Crippen MR) is 96.1 cm³/mol. The summed E-state index contributed by atoms with van der Waals surface area (Å²) in [4.78, 5) is 23.0. The van der Waals surface area contributed by atoms with E-state index < -0.39 is 11.9 Å². The summed E-state index contributed by atoms with van der Waals surface area (Å²) in [5.41, 5.74) is 0.908. The summed E-state index contributed by atoms with van der Waals surface area (Å²) >= 11 is 1.99. The lowest BCUT2D eigenvalue weighted by molar-refractivity contribution is -0.130. The zero-order valence-corrected chi connectivity index (χ0v) is 14.2. The average molecular weight is 420 g/mol. The Hall–Kier alpha value is -2.41. The third-order valence-corrected chi connectivity index (χ3v) is 3.55. The second-order valence-corrected chi connectivity index (χ2v) is 5.54. The molecular formula is C18H13IO4. The third-order valence-electron chi connectivity index (χ3n) is 2.71. The molecule has 2 aromatic rings. The number of hydrogen-bond donors (Lipinski definition) is 0. The van der Waals surface area contributed by atoms with Gasteiger partial charge in [0.2, 0.25) is 0 Å². The Balaban J connectivity index is 2.01. The molecule has 0 aliphatic heterocycles. The lowest BCUT2D eigenvalue weighted by atomic mass is 10.2. The molecular weight excluding hydrogens is 407 g/mol.